The summed E-state index contributed by atoms with van der Waals surface area (Å²) in [5.74, 6) is 1.86. The fourth-order valence-corrected chi connectivity index (χ4v) is 1.88. The van der Waals surface area contributed by atoms with Gasteiger partial charge >= 0.3 is 0 Å². The Hall–Kier alpha value is -0.120. The highest BCUT2D eigenvalue weighted by Gasteiger charge is 2.30. The minimum Gasteiger partial charge on any atom is -0.286 e. The van der Waals surface area contributed by atoms with Crippen LogP contribution in [0.3, 0.4) is 0 Å². The van der Waals surface area contributed by atoms with Crippen LogP contribution in [-0.4, -0.2) is 18.5 Å². The number of nitrogens with one attached hydrogen (secondary N) is 3. The van der Waals surface area contributed by atoms with Gasteiger partial charge < -0.3 is 0 Å². The number of rotatable bonds is 3. The Labute approximate surface area is 94.4 Å². The normalized spacial score (nSPS) is 33.0. The summed E-state index contributed by atoms with van der Waals surface area (Å²) >= 11 is 0. The van der Waals surface area contributed by atoms with Crippen LogP contribution < -0.4 is 16.0 Å². The molecule has 3 N–H and O–H groups in total. The predicted octanol–water partition coefficient (Wildman–Crippen LogP) is 1.72. The molecule has 1 fully saturated rings. The van der Waals surface area contributed by atoms with Crippen LogP contribution in [0, 0.1) is 17.8 Å². The van der Waals surface area contributed by atoms with Gasteiger partial charge in [-0.3, -0.25) is 16.0 Å². The van der Waals surface area contributed by atoms with E-state index in [9.17, 15) is 0 Å². The van der Waals surface area contributed by atoms with Crippen LogP contribution >= 0.6 is 0 Å². The van der Waals surface area contributed by atoms with Crippen LogP contribution in [0.15, 0.2) is 0 Å². The maximum Gasteiger partial charge on any atom is 0.0619 e. The smallest absolute Gasteiger partial charge is 0.0619 e. The summed E-state index contributed by atoms with van der Waals surface area (Å²) in [4.78, 5) is 0. The van der Waals surface area contributed by atoms with Gasteiger partial charge in [0, 0.05) is 0 Å². The largest absolute Gasteiger partial charge is 0.286 e. The van der Waals surface area contributed by atoms with Gasteiger partial charge in [-0.15, -0.1) is 0 Å². The summed E-state index contributed by atoms with van der Waals surface area (Å²) in [7, 11) is 0. The van der Waals surface area contributed by atoms with E-state index in [-0.39, 0.29) is 0 Å². The molecule has 3 heteroatoms. The van der Waals surface area contributed by atoms with Gasteiger partial charge in [0.2, 0.25) is 0 Å². The standard InChI is InChI=1S/C12H27N3/c1-7(2)10-13-11(8(3)4)15-12(14-10)9(5)6/h7-15H,1-6H3. The molecule has 3 nitrogen and oxygen atoms in total. The van der Waals surface area contributed by atoms with Crippen molar-refractivity contribution in [3.05, 3.63) is 0 Å². The summed E-state index contributed by atoms with van der Waals surface area (Å²) in [6, 6.07) is 0. The Morgan fingerprint density at radius 2 is 0.733 bits per heavy atom. The summed E-state index contributed by atoms with van der Waals surface area (Å²) < 4.78 is 0. The second kappa shape index (κ2) is 5.28. The molecule has 0 spiro atoms. The molecule has 0 aliphatic carbocycles. The second-order valence-electron chi connectivity index (χ2n) is 5.67. The first-order valence-corrected chi connectivity index (χ1v) is 6.20. The number of hydrogen-bond acceptors (Lipinski definition) is 3. The molecule has 1 rings (SSSR count). The van der Waals surface area contributed by atoms with E-state index in [4.69, 9.17) is 0 Å². The molecule has 15 heavy (non-hydrogen) atoms. The molecule has 0 saturated carbocycles. The first-order valence-electron chi connectivity index (χ1n) is 6.20. The van der Waals surface area contributed by atoms with Crippen LogP contribution in [0.25, 0.3) is 0 Å². The van der Waals surface area contributed by atoms with Gasteiger partial charge in [-0.2, -0.15) is 0 Å². The van der Waals surface area contributed by atoms with Crippen molar-refractivity contribution in [2.24, 2.45) is 17.8 Å². The first-order chi connectivity index (χ1) is 6.91. The van der Waals surface area contributed by atoms with Gasteiger partial charge in [-0.05, 0) is 17.8 Å². The lowest BCUT2D eigenvalue weighted by atomic mass is 10.0. The van der Waals surface area contributed by atoms with Crippen LogP contribution in [0.1, 0.15) is 41.5 Å². The van der Waals surface area contributed by atoms with Crippen molar-refractivity contribution >= 4 is 0 Å². The maximum absolute atomic E-state index is 3.61. The molecular formula is C12H27N3. The Kier molecular flexibility index (Phi) is 4.56. The lowest BCUT2D eigenvalue weighted by Gasteiger charge is -2.43. The molecule has 0 unspecified atom stereocenters. The summed E-state index contributed by atoms with van der Waals surface area (Å²) in [6.45, 7) is 13.5. The highest BCUT2D eigenvalue weighted by atomic mass is 15.4. The van der Waals surface area contributed by atoms with Crippen molar-refractivity contribution in [2.45, 2.75) is 60.0 Å². The van der Waals surface area contributed by atoms with Crippen molar-refractivity contribution in [3.8, 4) is 0 Å². The van der Waals surface area contributed by atoms with Crippen molar-refractivity contribution in [3.63, 3.8) is 0 Å². The molecule has 0 bridgehead atoms. The van der Waals surface area contributed by atoms with E-state index in [1.54, 1.807) is 0 Å². The van der Waals surface area contributed by atoms with Crippen LogP contribution in [0.4, 0.5) is 0 Å². The fraction of sp³-hybridized carbons (Fsp3) is 1.00. The summed E-state index contributed by atoms with van der Waals surface area (Å²) in [5, 5.41) is 10.8. The zero-order valence-electron chi connectivity index (χ0n) is 11.0. The van der Waals surface area contributed by atoms with E-state index in [1.165, 1.54) is 0 Å². The topological polar surface area (TPSA) is 36.1 Å². The molecule has 1 aliphatic heterocycles. The maximum atomic E-state index is 3.61. The Morgan fingerprint density at radius 1 is 0.533 bits per heavy atom. The molecule has 1 heterocycles. The molecule has 0 atom stereocenters. The van der Waals surface area contributed by atoms with Gasteiger partial charge in [0.05, 0.1) is 18.5 Å². The summed E-state index contributed by atoms with van der Waals surface area (Å²) in [6.07, 6.45) is 1.27. The Bertz CT molecular complexity index is 150. The molecule has 1 saturated heterocycles. The first kappa shape index (κ1) is 12.9. The monoisotopic (exact) mass is 213 g/mol. The van der Waals surface area contributed by atoms with Crippen molar-refractivity contribution in [1.29, 1.82) is 0 Å². The molecule has 1 aliphatic rings. The minimum atomic E-state index is 0.422. The SMILES string of the molecule is CC(C)C1NC(C(C)C)NC(C(C)C)N1. The molecule has 0 amide bonds. The van der Waals surface area contributed by atoms with E-state index >= 15 is 0 Å². The van der Waals surface area contributed by atoms with Crippen molar-refractivity contribution < 1.29 is 0 Å². The average Bonchev–Trinajstić information content (AvgIpc) is 2.16. The lowest BCUT2D eigenvalue weighted by Crippen LogP contribution is -2.71. The lowest BCUT2D eigenvalue weighted by molar-refractivity contribution is 0.115. The minimum absolute atomic E-state index is 0.422. The van der Waals surface area contributed by atoms with E-state index in [0.29, 0.717) is 36.3 Å². The summed E-state index contributed by atoms with van der Waals surface area (Å²) in [5.41, 5.74) is 0. The van der Waals surface area contributed by atoms with Crippen LogP contribution in [0.2, 0.25) is 0 Å². The third-order valence-corrected chi connectivity index (χ3v) is 3.08. The van der Waals surface area contributed by atoms with E-state index < -0.39 is 0 Å². The Morgan fingerprint density at radius 3 is 0.867 bits per heavy atom. The van der Waals surface area contributed by atoms with E-state index in [1.807, 2.05) is 0 Å². The number of hydrogen-bond donors (Lipinski definition) is 3. The van der Waals surface area contributed by atoms with Crippen LogP contribution in [0.5, 0.6) is 0 Å². The molecule has 0 aromatic heterocycles. The molecular weight excluding hydrogens is 186 g/mol. The van der Waals surface area contributed by atoms with Crippen molar-refractivity contribution in [2.75, 3.05) is 0 Å². The van der Waals surface area contributed by atoms with Gasteiger partial charge in [0.15, 0.2) is 0 Å². The highest BCUT2D eigenvalue weighted by Crippen LogP contribution is 2.13. The zero-order valence-corrected chi connectivity index (χ0v) is 11.0. The quantitative estimate of drug-likeness (QED) is 0.668. The van der Waals surface area contributed by atoms with E-state index in [0.717, 1.165) is 0 Å². The third-order valence-electron chi connectivity index (χ3n) is 3.08. The second-order valence-corrected chi connectivity index (χ2v) is 5.67. The van der Waals surface area contributed by atoms with Gasteiger partial charge in [0.1, 0.15) is 0 Å². The molecule has 0 radical (unpaired) electrons. The van der Waals surface area contributed by atoms with Gasteiger partial charge in [-0.25, -0.2) is 0 Å². The predicted molar refractivity (Wildman–Crippen MR) is 65.3 cm³/mol. The van der Waals surface area contributed by atoms with Gasteiger partial charge in [-0.1, -0.05) is 41.5 Å². The zero-order chi connectivity index (χ0) is 11.6. The molecule has 0 aromatic rings. The molecule has 90 valence electrons. The average molecular weight is 213 g/mol. The fourth-order valence-electron chi connectivity index (χ4n) is 1.88. The van der Waals surface area contributed by atoms with Crippen molar-refractivity contribution in [1.82, 2.24) is 16.0 Å². The van der Waals surface area contributed by atoms with Gasteiger partial charge in [0.25, 0.3) is 0 Å². The molecule has 0 aromatic carbocycles. The highest BCUT2D eigenvalue weighted by molar-refractivity contribution is 4.87. The third kappa shape index (κ3) is 3.44. The van der Waals surface area contributed by atoms with Crippen LogP contribution in [-0.2, 0) is 0 Å². The van der Waals surface area contributed by atoms with E-state index in [2.05, 4.69) is 57.5 Å². The Balaban J connectivity index is 2.64.